The van der Waals surface area contributed by atoms with E-state index in [1.165, 1.54) is 161 Å². The molecule has 392 valence electrons. The Bertz CT molecular complexity index is 4720. The molecule has 0 bridgehead atoms. The molecule has 2 nitrogen and oxygen atoms in total. The first kappa shape index (κ1) is 50.1. The molecule has 16 rings (SSSR count). The zero-order chi connectivity index (χ0) is 54.3. The molecular weight excluding hydrogens is 1150 g/mol. The van der Waals surface area contributed by atoms with Crippen LogP contribution < -0.4 is 0 Å². The van der Waals surface area contributed by atoms with Crippen LogP contribution in [0.15, 0.2) is 146 Å². The first-order valence-corrected chi connectivity index (χ1v) is 34.5. The van der Waals surface area contributed by atoms with Crippen LogP contribution in [-0.4, -0.2) is 8.75 Å². The van der Waals surface area contributed by atoms with E-state index < -0.39 is 10.8 Å². The van der Waals surface area contributed by atoms with Crippen molar-refractivity contribution in [3.8, 4) is 50.1 Å². The van der Waals surface area contributed by atoms with Crippen molar-refractivity contribution >= 4 is 142 Å². The standard InChI is InChI=1S/C69H52N2S9/c1-34(2)45-28-29-46(72-45)43-26-27-44(58-57(43)70-80-71-58)47-30-31-48(73-47)49-32-50-59(74-49)53-61(75-50)63-55(68(53,39-18-10-35(3)11-19-39)40-20-12-36(4)13-21-40)65-66(78-63)56-64(79-65)62-54(60-51(76-62)33-52(77-60)67(7,8)9)69(56,41-22-14-37(5)15-23-41)42-24-16-38(6)17-25-42/h10-34H,1-9H3. The maximum atomic E-state index is 4.93. The lowest BCUT2D eigenvalue weighted by Gasteiger charge is -2.34. The summed E-state index contributed by atoms with van der Waals surface area (Å²) in [5.41, 5.74) is 19.6. The molecule has 9 heterocycles. The summed E-state index contributed by atoms with van der Waals surface area (Å²) in [4.78, 5) is 13.7. The molecule has 0 atom stereocenters. The van der Waals surface area contributed by atoms with Gasteiger partial charge in [0.15, 0.2) is 0 Å². The van der Waals surface area contributed by atoms with Crippen LogP contribution in [0.1, 0.15) is 117 Å². The maximum Gasteiger partial charge on any atom is 0.114 e. The van der Waals surface area contributed by atoms with Gasteiger partial charge in [-0.1, -0.05) is 166 Å². The van der Waals surface area contributed by atoms with E-state index in [0.29, 0.717) is 5.92 Å². The number of hydrogen-bond acceptors (Lipinski definition) is 11. The smallest absolute Gasteiger partial charge is 0.114 e. The monoisotopic (exact) mass is 1200 g/mol. The van der Waals surface area contributed by atoms with Crippen molar-refractivity contribution in [2.75, 3.05) is 0 Å². The van der Waals surface area contributed by atoms with Crippen molar-refractivity contribution < 1.29 is 0 Å². The Kier molecular flexibility index (Phi) is 11.2. The van der Waals surface area contributed by atoms with Gasteiger partial charge in [-0.05, 0) is 97.7 Å². The Morgan fingerprint density at radius 3 is 1.23 bits per heavy atom. The van der Waals surface area contributed by atoms with Crippen molar-refractivity contribution in [2.45, 2.75) is 84.5 Å². The fourth-order valence-corrected chi connectivity index (χ4v) is 24.5. The lowest BCUT2D eigenvalue weighted by Crippen LogP contribution is -2.29. The van der Waals surface area contributed by atoms with E-state index in [2.05, 4.69) is 231 Å². The Morgan fingerprint density at radius 1 is 0.375 bits per heavy atom. The molecule has 80 heavy (non-hydrogen) atoms. The number of hydrogen-bond donors (Lipinski definition) is 0. The summed E-state index contributed by atoms with van der Waals surface area (Å²) in [6, 6.07) is 57.1. The third-order valence-electron chi connectivity index (χ3n) is 16.8. The van der Waals surface area contributed by atoms with Crippen LogP contribution in [0.5, 0.6) is 0 Å². The van der Waals surface area contributed by atoms with Gasteiger partial charge >= 0.3 is 0 Å². The second-order valence-corrected chi connectivity index (χ2v) is 32.3. The van der Waals surface area contributed by atoms with Crippen LogP contribution in [-0.2, 0) is 16.2 Å². The van der Waals surface area contributed by atoms with E-state index in [-0.39, 0.29) is 5.41 Å². The van der Waals surface area contributed by atoms with Crippen LogP contribution in [0.2, 0.25) is 0 Å². The van der Waals surface area contributed by atoms with E-state index in [0.717, 1.165) is 16.6 Å². The van der Waals surface area contributed by atoms with Crippen molar-refractivity contribution in [3.05, 3.63) is 222 Å². The fraction of sp³-hybridized carbons (Fsp3) is 0.188. The summed E-state index contributed by atoms with van der Waals surface area (Å²) in [7, 11) is 0. The van der Waals surface area contributed by atoms with Gasteiger partial charge in [0.2, 0.25) is 0 Å². The Morgan fingerprint density at radius 2 is 0.775 bits per heavy atom. The van der Waals surface area contributed by atoms with Crippen molar-refractivity contribution in [2.24, 2.45) is 0 Å². The summed E-state index contributed by atoms with van der Waals surface area (Å²) < 4.78 is 18.3. The predicted molar refractivity (Wildman–Crippen MR) is 356 cm³/mol. The summed E-state index contributed by atoms with van der Waals surface area (Å²) in [5, 5.41) is 0. The average Bonchev–Trinajstić information content (AvgIpc) is 3.27. The zero-order valence-corrected chi connectivity index (χ0v) is 52.9. The largest absolute Gasteiger partial charge is 0.172 e. The van der Waals surface area contributed by atoms with Crippen LogP contribution in [0.4, 0.5) is 0 Å². The third-order valence-corrected chi connectivity index (χ3v) is 28.2. The Hall–Kier alpha value is -5.70. The molecule has 2 aliphatic rings. The molecule has 0 spiro atoms. The fourth-order valence-electron chi connectivity index (χ4n) is 12.8. The van der Waals surface area contributed by atoms with Gasteiger partial charge in [-0.15, -0.1) is 90.7 Å². The predicted octanol–water partition coefficient (Wildman–Crippen LogP) is 23.0. The summed E-state index contributed by atoms with van der Waals surface area (Å²) in [6.07, 6.45) is 0. The van der Waals surface area contributed by atoms with Crippen LogP contribution in [0, 0.1) is 27.7 Å². The molecule has 2 aliphatic carbocycles. The SMILES string of the molecule is Cc1ccc(C2(c3ccc(C)cc3)c3c(sc4cc(-c5ccc(-c6ccc(-c7ccc(C(C)C)s7)c7nsnc67)s5)sc34)-c3sc4c5c(sc4c32)-c2sc3cc(C(C)(C)C)sc3c2C5(c2ccc(C)cc2)c2ccc(C)cc2)cc1. The molecule has 0 saturated carbocycles. The third kappa shape index (κ3) is 6.99. The topological polar surface area (TPSA) is 25.8 Å². The molecule has 14 aromatic rings. The lowest BCUT2D eigenvalue weighted by molar-refractivity contribution is 0.604. The summed E-state index contributed by atoms with van der Waals surface area (Å²) in [5.74, 6) is 0.494. The van der Waals surface area contributed by atoms with Crippen molar-refractivity contribution in [1.29, 1.82) is 0 Å². The second kappa shape index (κ2) is 17.9. The first-order chi connectivity index (χ1) is 38.7. The minimum Gasteiger partial charge on any atom is -0.172 e. The number of nitrogens with zero attached hydrogens (tertiary/aromatic N) is 2. The quantitative estimate of drug-likeness (QED) is 0.152. The van der Waals surface area contributed by atoms with Gasteiger partial charge in [-0.25, -0.2) is 0 Å². The summed E-state index contributed by atoms with van der Waals surface area (Å²) >= 11 is 17.3. The van der Waals surface area contributed by atoms with Crippen molar-refractivity contribution in [1.82, 2.24) is 8.75 Å². The highest BCUT2D eigenvalue weighted by Crippen LogP contribution is 2.72. The van der Waals surface area contributed by atoms with Gasteiger partial charge in [0.05, 0.1) is 60.9 Å². The normalized spacial score (nSPS) is 14.4. The van der Waals surface area contributed by atoms with E-state index in [4.69, 9.17) is 8.75 Å². The molecule has 0 saturated heterocycles. The number of aryl methyl sites for hydroxylation is 4. The van der Waals surface area contributed by atoms with E-state index >= 15 is 0 Å². The Labute approximate surface area is 502 Å². The van der Waals surface area contributed by atoms with Gasteiger partial charge in [0, 0.05) is 72.0 Å². The lowest BCUT2D eigenvalue weighted by atomic mass is 9.67. The molecule has 0 N–H and O–H groups in total. The van der Waals surface area contributed by atoms with E-state index in [1.807, 2.05) is 68.0 Å². The summed E-state index contributed by atoms with van der Waals surface area (Å²) in [6.45, 7) is 20.5. The molecule has 0 aliphatic heterocycles. The van der Waals surface area contributed by atoms with Gasteiger partial charge < -0.3 is 0 Å². The molecule has 0 unspecified atom stereocenters. The number of fused-ring (bicyclic) bond motifs is 14. The van der Waals surface area contributed by atoms with Crippen LogP contribution in [0.3, 0.4) is 0 Å². The molecule has 0 radical (unpaired) electrons. The van der Waals surface area contributed by atoms with Crippen LogP contribution in [0.25, 0.3) is 89.4 Å². The van der Waals surface area contributed by atoms with Crippen molar-refractivity contribution in [3.63, 3.8) is 0 Å². The molecular formula is C69H52N2S9. The number of aromatic nitrogens is 2. The highest BCUT2D eigenvalue weighted by Gasteiger charge is 2.56. The van der Waals surface area contributed by atoms with E-state index in [1.54, 1.807) is 0 Å². The van der Waals surface area contributed by atoms with Gasteiger partial charge in [0.1, 0.15) is 11.0 Å². The minimum atomic E-state index is -0.566. The number of rotatable bonds is 8. The average molecular weight is 1200 g/mol. The molecule has 0 amide bonds. The number of benzene rings is 5. The molecule has 5 aromatic carbocycles. The van der Waals surface area contributed by atoms with Gasteiger partial charge in [-0.3, -0.25) is 0 Å². The van der Waals surface area contributed by atoms with Crippen LogP contribution >= 0.6 is 102 Å². The van der Waals surface area contributed by atoms with Gasteiger partial charge in [-0.2, -0.15) is 8.75 Å². The second-order valence-electron chi connectivity index (χ2n) is 23.3. The molecule has 9 aromatic heterocycles. The number of thiophene rings is 8. The maximum absolute atomic E-state index is 4.93. The highest BCUT2D eigenvalue weighted by molar-refractivity contribution is 7.38. The zero-order valence-electron chi connectivity index (χ0n) is 45.5. The Balaban J connectivity index is 0.935. The van der Waals surface area contributed by atoms with Gasteiger partial charge in [0.25, 0.3) is 0 Å². The molecule has 11 heteroatoms. The first-order valence-electron chi connectivity index (χ1n) is 27.2. The molecule has 0 fully saturated rings. The van der Waals surface area contributed by atoms with E-state index in [9.17, 15) is 0 Å². The minimum absolute atomic E-state index is 0.0508. The highest BCUT2D eigenvalue weighted by atomic mass is 32.1.